The van der Waals surface area contributed by atoms with Gasteiger partial charge in [-0.05, 0) is 54.8 Å². The molecule has 1 unspecified atom stereocenters. The summed E-state index contributed by atoms with van der Waals surface area (Å²) in [6.07, 6.45) is 0.800. The fraction of sp³-hybridized carbons (Fsp3) is 0.250. The van der Waals surface area contributed by atoms with Gasteiger partial charge in [-0.15, -0.1) is 0 Å². The van der Waals surface area contributed by atoms with Gasteiger partial charge in [-0.2, -0.15) is 0 Å². The summed E-state index contributed by atoms with van der Waals surface area (Å²) in [6, 6.07) is 24.9. The van der Waals surface area contributed by atoms with Crippen LogP contribution >= 0.6 is 23.4 Å². The number of hydrogen-bond acceptors (Lipinski definition) is 3. The van der Waals surface area contributed by atoms with Crippen LogP contribution in [0.4, 0.5) is 11.4 Å². The molecule has 0 bridgehead atoms. The number of benzene rings is 3. The average molecular weight is 514 g/mol. The number of aryl methyl sites for hydroxylation is 1. The van der Waals surface area contributed by atoms with Gasteiger partial charge in [0.15, 0.2) is 0 Å². The molecule has 1 heterocycles. The molecule has 1 atom stereocenters. The van der Waals surface area contributed by atoms with Crippen molar-refractivity contribution in [3.05, 3.63) is 105 Å². The first-order valence-corrected chi connectivity index (χ1v) is 13.0. The van der Waals surface area contributed by atoms with E-state index in [4.69, 9.17) is 0 Å². The van der Waals surface area contributed by atoms with Gasteiger partial charge in [0.05, 0.1) is 0 Å². The molecule has 0 aromatic heterocycles. The van der Waals surface area contributed by atoms with Crippen molar-refractivity contribution in [3.8, 4) is 0 Å². The van der Waals surface area contributed by atoms with Crippen molar-refractivity contribution in [3.63, 3.8) is 0 Å². The number of hydrogen-bond donors (Lipinski definition) is 0. The van der Waals surface area contributed by atoms with Crippen LogP contribution in [0.5, 0.6) is 0 Å². The highest BCUT2D eigenvalue weighted by Gasteiger charge is 2.50. The smallest absolute Gasteiger partial charge is 0.276 e. The van der Waals surface area contributed by atoms with Crippen LogP contribution in [0.1, 0.15) is 23.2 Å². The molecule has 166 valence electrons. The van der Waals surface area contributed by atoms with Crippen LogP contribution < -0.4 is 9.34 Å². The zero-order valence-electron chi connectivity index (χ0n) is 17.8. The standard InChI is InChI=1S/C24H25BrN3O3P/c1-19-13-14-22(23(25)17-19)24(18-28(29)30)32(31)26(20-9-4-2-5-10-20)15-8-16-27(32)21-11-6-3-7-12-21/h2-7,9-14,17,24H,8,15-16,18H2,1H3. The van der Waals surface area contributed by atoms with Crippen LogP contribution in [0, 0.1) is 17.0 Å². The molecule has 32 heavy (non-hydrogen) atoms. The van der Waals surface area contributed by atoms with E-state index in [1.165, 1.54) is 0 Å². The molecule has 1 aliphatic heterocycles. The molecule has 0 aliphatic carbocycles. The topological polar surface area (TPSA) is 66.7 Å². The zero-order valence-corrected chi connectivity index (χ0v) is 20.3. The largest absolute Gasteiger partial charge is 0.306 e. The van der Waals surface area contributed by atoms with Crippen LogP contribution in [0.15, 0.2) is 83.3 Å². The maximum absolute atomic E-state index is 15.3. The lowest BCUT2D eigenvalue weighted by Crippen LogP contribution is -2.42. The molecule has 3 aromatic rings. The fourth-order valence-electron chi connectivity index (χ4n) is 4.34. The quantitative estimate of drug-likeness (QED) is 0.209. The third kappa shape index (κ3) is 4.32. The minimum atomic E-state index is -3.51. The van der Waals surface area contributed by atoms with Crippen LogP contribution in [-0.2, 0) is 4.57 Å². The molecule has 1 aliphatic rings. The fourth-order valence-corrected chi connectivity index (χ4v) is 8.94. The van der Waals surface area contributed by atoms with E-state index in [0.717, 1.165) is 27.8 Å². The molecular formula is C24H25BrN3O3P. The number of halogens is 1. The van der Waals surface area contributed by atoms with E-state index in [1.54, 1.807) is 0 Å². The van der Waals surface area contributed by atoms with Crippen LogP contribution in [0.25, 0.3) is 0 Å². The van der Waals surface area contributed by atoms with Crippen molar-refractivity contribution < 1.29 is 9.49 Å². The molecule has 4 rings (SSSR count). The summed E-state index contributed by atoms with van der Waals surface area (Å²) in [5, 5.41) is 11.9. The Labute approximate surface area is 196 Å². The number of rotatable bonds is 6. The highest BCUT2D eigenvalue weighted by atomic mass is 79.9. The lowest BCUT2D eigenvalue weighted by molar-refractivity contribution is -0.480. The minimum Gasteiger partial charge on any atom is -0.306 e. The van der Waals surface area contributed by atoms with Gasteiger partial charge < -0.3 is 9.34 Å². The van der Waals surface area contributed by atoms with E-state index in [9.17, 15) is 10.1 Å². The molecule has 1 saturated heterocycles. The van der Waals surface area contributed by atoms with Gasteiger partial charge in [0.25, 0.3) is 7.44 Å². The summed E-state index contributed by atoms with van der Waals surface area (Å²) in [5.74, 6) is 0. The molecule has 1 fully saturated rings. The Hall–Kier alpha value is -2.63. The van der Waals surface area contributed by atoms with Crippen LogP contribution in [-0.4, -0.2) is 24.6 Å². The normalized spacial score (nSPS) is 16.6. The van der Waals surface area contributed by atoms with E-state index in [-0.39, 0.29) is 4.92 Å². The van der Waals surface area contributed by atoms with Gasteiger partial charge in [0.2, 0.25) is 6.54 Å². The number of anilines is 2. The lowest BCUT2D eigenvalue weighted by Gasteiger charge is -2.48. The maximum atomic E-state index is 15.3. The summed E-state index contributed by atoms with van der Waals surface area (Å²) in [7, 11) is -3.51. The Kier molecular flexibility index (Phi) is 6.68. The van der Waals surface area contributed by atoms with E-state index in [2.05, 4.69) is 15.9 Å². The number of para-hydroxylation sites is 2. The Morgan fingerprint density at radius 3 is 1.97 bits per heavy atom. The summed E-state index contributed by atoms with van der Waals surface area (Å²) in [6.45, 7) is 2.68. The Morgan fingerprint density at radius 1 is 0.969 bits per heavy atom. The van der Waals surface area contributed by atoms with Crippen molar-refractivity contribution in [1.29, 1.82) is 0 Å². The third-order valence-electron chi connectivity index (χ3n) is 5.78. The molecule has 0 amide bonds. The van der Waals surface area contributed by atoms with Crippen molar-refractivity contribution in [1.82, 2.24) is 0 Å². The predicted molar refractivity (Wildman–Crippen MR) is 133 cm³/mol. The molecule has 0 radical (unpaired) electrons. The van der Waals surface area contributed by atoms with Crippen LogP contribution in [0.2, 0.25) is 0 Å². The molecule has 0 saturated carbocycles. The second-order valence-corrected chi connectivity index (χ2v) is 11.5. The van der Waals surface area contributed by atoms with Gasteiger partial charge in [-0.1, -0.05) is 64.5 Å². The van der Waals surface area contributed by atoms with Gasteiger partial charge in [0.1, 0.15) is 5.66 Å². The van der Waals surface area contributed by atoms with Crippen molar-refractivity contribution in [2.24, 2.45) is 0 Å². The molecule has 8 heteroatoms. The maximum Gasteiger partial charge on any atom is 0.276 e. The Morgan fingerprint density at radius 2 is 1.50 bits per heavy atom. The highest BCUT2D eigenvalue weighted by Crippen LogP contribution is 2.68. The highest BCUT2D eigenvalue weighted by molar-refractivity contribution is 9.10. The van der Waals surface area contributed by atoms with Crippen molar-refractivity contribution in [2.75, 3.05) is 29.0 Å². The monoisotopic (exact) mass is 513 g/mol. The summed E-state index contributed by atoms with van der Waals surface area (Å²) in [4.78, 5) is 11.5. The lowest BCUT2D eigenvalue weighted by atomic mass is 10.1. The van der Waals surface area contributed by atoms with Crippen LogP contribution in [0.3, 0.4) is 0 Å². The minimum absolute atomic E-state index is 0.350. The van der Waals surface area contributed by atoms with Gasteiger partial charge in [-0.25, -0.2) is 0 Å². The Balaban J connectivity index is 1.95. The van der Waals surface area contributed by atoms with E-state index in [1.807, 2.05) is 95.1 Å². The first-order chi connectivity index (χ1) is 15.4. The summed E-state index contributed by atoms with van der Waals surface area (Å²) < 4.78 is 19.9. The second kappa shape index (κ2) is 9.47. The van der Waals surface area contributed by atoms with E-state index >= 15 is 4.57 Å². The first-order valence-electron chi connectivity index (χ1n) is 10.5. The van der Waals surface area contributed by atoms with E-state index in [0.29, 0.717) is 18.7 Å². The van der Waals surface area contributed by atoms with E-state index < -0.39 is 19.6 Å². The summed E-state index contributed by atoms with van der Waals surface area (Å²) in [5.41, 5.74) is 2.54. The summed E-state index contributed by atoms with van der Waals surface area (Å²) >= 11 is 3.60. The third-order valence-corrected chi connectivity index (χ3v) is 9.97. The van der Waals surface area contributed by atoms with Crippen molar-refractivity contribution >= 4 is 34.7 Å². The van der Waals surface area contributed by atoms with Gasteiger partial charge in [-0.3, -0.25) is 14.7 Å². The SMILES string of the molecule is Cc1ccc(C(C[N+](=O)[O-])P2(=O)N(c3ccccc3)CCCN2c2ccccc2)c(Br)c1. The number of nitrogens with zero attached hydrogens (tertiary/aromatic N) is 3. The zero-order chi connectivity index (χ0) is 22.7. The Bertz CT molecular complexity index is 1090. The molecule has 0 spiro atoms. The van der Waals surface area contributed by atoms with Gasteiger partial charge in [0, 0.05) is 33.9 Å². The average Bonchev–Trinajstić information content (AvgIpc) is 2.79. The molecule has 0 N–H and O–H groups in total. The first kappa shape index (κ1) is 22.6. The molecular weight excluding hydrogens is 489 g/mol. The predicted octanol–water partition coefficient (Wildman–Crippen LogP) is 6.69. The molecule has 6 nitrogen and oxygen atoms in total. The second-order valence-electron chi connectivity index (χ2n) is 7.92. The molecule has 3 aromatic carbocycles. The number of nitro groups is 1. The van der Waals surface area contributed by atoms with Crippen molar-refractivity contribution in [2.45, 2.75) is 19.0 Å². The van der Waals surface area contributed by atoms with Gasteiger partial charge >= 0.3 is 0 Å².